The maximum Gasteiger partial charge on any atom is 0.329 e. The van der Waals surface area contributed by atoms with Gasteiger partial charge in [0, 0.05) is 5.54 Å². The molecule has 5 N–H and O–H groups in total. The zero-order valence-corrected chi connectivity index (χ0v) is 17.5. The standard InChI is InChI=1S/C19H30N4O5S/c1-29-3-2-14(21-17(20)26)16(25)28-10-15(24)22-18(27)23-19-7-11-4-12(8-19)6-13(5-11)9-19/h11-14H,2-10H2,1H3,(H3,20,21,26)(H2,22,23,24,27)/t11?,12?,13?,14-,19?/m0/s1. The van der Waals surface area contributed by atoms with Crippen molar-refractivity contribution in [1.82, 2.24) is 16.0 Å². The van der Waals surface area contributed by atoms with Crippen LogP contribution in [0.2, 0.25) is 0 Å². The quantitative estimate of drug-likeness (QED) is 0.429. The number of ether oxygens (including phenoxy) is 1. The summed E-state index contributed by atoms with van der Waals surface area (Å²) in [5.74, 6) is 1.18. The van der Waals surface area contributed by atoms with Gasteiger partial charge in [0.15, 0.2) is 6.61 Å². The minimum absolute atomic E-state index is 0.204. The highest BCUT2D eigenvalue weighted by Gasteiger charge is 2.51. The van der Waals surface area contributed by atoms with Crippen molar-refractivity contribution < 1.29 is 23.9 Å². The molecule has 0 saturated heterocycles. The van der Waals surface area contributed by atoms with Crippen molar-refractivity contribution in [2.75, 3.05) is 18.6 Å². The molecule has 0 heterocycles. The van der Waals surface area contributed by atoms with Gasteiger partial charge in [0.25, 0.3) is 5.91 Å². The normalized spacial score (nSPS) is 30.3. The van der Waals surface area contributed by atoms with Gasteiger partial charge in [-0.3, -0.25) is 10.1 Å². The van der Waals surface area contributed by atoms with E-state index in [1.165, 1.54) is 31.0 Å². The van der Waals surface area contributed by atoms with Crippen LogP contribution < -0.4 is 21.7 Å². The molecule has 4 aliphatic carbocycles. The molecular formula is C19H30N4O5S. The van der Waals surface area contributed by atoms with Gasteiger partial charge in [-0.2, -0.15) is 11.8 Å². The molecular weight excluding hydrogens is 396 g/mol. The van der Waals surface area contributed by atoms with Gasteiger partial charge >= 0.3 is 18.0 Å². The molecule has 0 aromatic carbocycles. The van der Waals surface area contributed by atoms with Gasteiger partial charge in [0.05, 0.1) is 0 Å². The van der Waals surface area contributed by atoms with E-state index in [0.717, 1.165) is 19.3 Å². The van der Waals surface area contributed by atoms with Gasteiger partial charge in [0.2, 0.25) is 0 Å². The van der Waals surface area contributed by atoms with E-state index in [1.54, 1.807) is 0 Å². The van der Waals surface area contributed by atoms with Gasteiger partial charge in [-0.1, -0.05) is 0 Å². The molecule has 9 nitrogen and oxygen atoms in total. The Labute approximate surface area is 174 Å². The van der Waals surface area contributed by atoms with E-state index in [0.29, 0.717) is 29.9 Å². The molecule has 4 bridgehead atoms. The van der Waals surface area contributed by atoms with Crippen LogP contribution in [-0.4, -0.2) is 54.1 Å². The second kappa shape index (κ2) is 9.23. The second-order valence-electron chi connectivity index (χ2n) is 8.65. The number of esters is 1. The third kappa shape index (κ3) is 5.77. The Hall–Kier alpha value is -1.97. The smallest absolute Gasteiger partial charge is 0.329 e. The molecule has 5 amide bonds. The van der Waals surface area contributed by atoms with E-state index >= 15 is 0 Å². The molecule has 0 aliphatic heterocycles. The van der Waals surface area contributed by atoms with Crippen molar-refractivity contribution in [3.63, 3.8) is 0 Å². The first kappa shape index (κ1) is 21.7. The highest BCUT2D eigenvalue weighted by Crippen LogP contribution is 2.55. The molecule has 4 saturated carbocycles. The van der Waals surface area contributed by atoms with Crippen molar-refractivity contribution in [2.24, 2.45) is 23.5 Å². The lowest BCUT2D eigenvalue weighted by Crippen LogP contribution is -2.62. The van der Waals surface area contributed by atoms with E-state index in [4.69, 9.17) is 10.5 Å². The predicted octanol–water partition coefficient (Wildman–Crippen LogP) is 1.11. The van der Waals surface area contributed by atoms with Gasteiger partial charge in [-0.15, -0.1) is 0 Å². The fourth-order valence-electron chi connectivity index (χ4n) is 5.59. The summed E-state index contributed by atoms with van der Waals surface area (Å²) in [6.07, 6.45) is 8.90. The summed E-state index contributed by atoms with van der Waals surface area (Å²) in [7, 11) is 0. The maximum absolute atomic E-state index is 12.3. The molecule has 162 valence electrons. The third-order valence-corrected chi connectivity index (χ3v) is 6.87. The summed E-state index contributed by atoms with van der Waals surface area (Å²) in [6, 6.07) is -2.30. The first-order chi connectivity index (χ1) is 13.8. The van der Waals surface area contributed by atoms with Gasteiger partial charge in [-0.25, -0.2) is 14.4 Å². The zero-order chi connectivity index (χ0) is 21.0. The van der Waals surface area contributed by atoms with Gasteiger partial charge < -0.3 is 21.1 Å². The lowest BCUT2D eigenvalue weighted by atomic mass is 9.53. The van der Waals surface area contributed by atoms with Crippen LogP contribution in [0.4, 0.5) is 9.59 Å². The van der Waals surface area contributed by atoms with Gasteiger partial charge in [-0.05, 0) is 74.7 Å². The average molecular weight is 427 g/mol. The molecule has 0 spiro atoms. The molecule has 0 unspecified atom stereocenters. The number of urea groups is 2. The summed E-state index contributed by atoms with van der Waals surface area (Å²) in [6.45, 7) is -0.594. The Morgan fingerprint density at radius 1 is 1.10 bits per heavy atom. The lowest BCUT2D eigenvalue weighted by molar-refractivity contribution is -0.150. The van der Waals surface area contributed by atoms with E-state index in [1.807, 2.05) is 6.26 Å². The molecule has 29 heavy (non-hydrogen) atoms. The number of carbonyl (C=O) groups excluding carboxylic acids is 4. The van der Waals surface area contributed by atoms with Crippen LogP contribution in [0.5, 0.6) is 0 Å². The number of hydrogen-bond acceptors (Lipinski definition) is 6. The van der Waals surface area contributed by atoms with Crippen LogP contribution in [0, 0.1) is 17.8 Å². The van der Waals surface area contributed by atoms with E-state index in [9.17, 15) is 19.2 Å². The minimum Gasteiger partial charge on any atom is -0.454 e. The first-order valence-electron chi connectivity index (χ1n) is 10.1. The van der Waals surface area contributed by atoms with Crippen molar-refractivity contribution in [2.45, 2.75) is 56.5 Å². The topological polar surface area (TPSA) is 140 Å². The number of hydrogen-bond donors (Lipinski definition) is 4. The number of thioether (sulfide) groups is 1. The predicted molar refractivity (Wildman–Crippen MR) is 108 cm³/mol. The molecule has 10 heteroatoms. The monoisotopic (exact) mass is 426 g/mol. The molecule has 4 fully saturated rings. The highest BCUT2D eigenvalue weighted by molar-refractivity contribution is 7.98. The summed E-state index contributed by atoms with van der Waals surface area (Å²) in [5.41, 5.74) is 4.87. The van der Waals surface area contributed by atoms with E-state index in [-0.39, 0.29) is 5.54 Å². The van der Waals surface area contributed by atoms with Crippen LogP contribution in [0.25, 0.3) is 0 Å². The number of primary amides is 1. The summed E-state index contributed by atoms with van der Waals surface area (Å²) in [4.78, 5) is 47.5. The largest absolute Gasteiger partial charge is 0.454 e. The average Bonchev–Trinajstić information content (AvgIpc) is 2.61. The summed E-state index contributed by atoms with van der Waals surface area (Å²) < 4.78 is 4.95. The SMILES string of the molecule is CSCC[C@H](NC(N)=O)C(=O)OCC(=O)NC(=O)NC12CC3CC(CC(C3)C1)C2. The van der Waals surface area contributed by atoms with E-state index in [2.05, 4.69) is 16.0 Å². The zero-order valence-electron chi connectivity index (χ0n) is 16.7. The Morgan fingerprint density at radius 3 is 2.21 bits per heavy atom. The maximum atomic E-state index is 12.3. The van der Waals surface area contributed by atoms with Crippen LogP contribution in [0.3, 0.4) is 0 Å². The number of nitrogens with two attached hydrogens (primary N) is 1. The number of nitrogens with one attached hydrogen (secondary N) is 3. The van der Waals surface area contributed by atoms with Crippen molar-refractivity contribution in [3.05, 3.63) is 0 Å². The fraction of sp³-hybridized carbons (Fsp3) is 0.789. The lowest BCUT2D eigenvalue weighted by Gasteiger charge is -2.56. The summed E-state index contributed by atoms with van der Waals surface area (Å²) in [5, 5.41) is 7.59. The van der Waals surface area contributed by atoms with Crippen LogP contribution in [-0.2, 0) is 14.3 Å². The molecule has 0 aromatic rings. The summed E-state index contributed by atoms with van der Waals surface area (Å²) >= 11 is 1.50. The Morgan fingerprint density at radius 2 is 1.69 bits per heavy atom. The number of carbonyl (C=O) groups is 4. The van der Waals surface area contributed by atoms with Crippen molar-refractivity contribution in [3.8, 4) is 0 Å². The highest BCUT2D eigenvalue weighted by atomic mass is 32.2. The molecule has 1 atom stereocenters. The van der Waals surface area contributed by atoms with Gasteiger partial charge in [0.1, 0.15) is 6.04 Å². The Bertz CT molecular complexity index is 636. The van der Waals surface area contributed by atoms with Crippen molar-refractivity contribution >= 4 is 35.7 Å². The van der Waals surface area contributed by atoms with Crippen LogP contribution in [0.1, 0.15) is 44.9 Å². The van der Waals surface area contributed by atoms with Crippen molar-refractivity contribution in [1.29, 1.82) is 0 Å². The minimum atomic E-state index is -0.923. The second-order valence-corrected chi connectivity index (χ2v) is 9.64. The van der Waals surface area contributed by atoms with Crippen LogP contribution >= 0.6 is 11.8 Å². The Kier molecular flexibility index (Phi) is 6.92. The number of imide groups is 1. The molecule has 0 radical (unpaired) electrons. The fourth-order valence-corrected chi connectivity index (χ4v) is 6.06. The molecule has 0 aromatic heterocycles. The number of amides is 5. The van der Waals surface area contributed by atoms with E-state index < -0.39 is 36.6 Å². The number of rotatable bonds is 8. The molecule has 4 aliphatic rings. The van der Waals surface area contributed by atoms with Crippen LogP contribution in [0.15, 0.2) is 0 Å². The Balaban J connectivity index is 1.43. The first-order valence-corrected chi connectivity index (χ1v) is 11.5. The molecule has 4 rings (SSSR count). The third-order valence-electron chi connectivity index (χ3n) is 6.23.